The molecule has 1 heterocycles. The number of rotatable bonds is 26. The summed E-state index contributed by atoms with van der Waals surface area (Å²) in [6.45, 7) is 11.1. The van der Waals surface area contributed by atoms with E-state index in [4.69, 9.17) is 9.84 Å². The number of carbonyl (C=O) groups is 11. The Morgan fingerprint density at radius 1 is 0.678 bits per heavy atom. The van der Waals surface area contributed by atoms with Gasteiger partial charge in [-0.25, -0.2) is 0 Å². The molecule has 0 saturated carbocycles. The van der Waals surface area contributed by atoms with Crippen molar-refractivity contribution in [2.45, 2.75) is 143 Å². The fourth-order valence-corrected chi connectivity index (χ4v) is 6.20. The number of esters is 1. The number of carboxylic acids is 2. The van der Waals surface area contributed by atoms with E-state index < -0.39 is 132 Å². The number of Topliss-reactive ketones (excluding diaryl/α,β-unsaturated/α-hetero) is 1. The lowest BCUT2D eigenvalue weighted by Gasteiger charge is -2.33. The number of ketones is 1. The Morgan fingerprint density at radius 3 is 1.73 bits per heavy atom. The molecular formula is C38H61N7O14. The molecule has 1 saturated heterocycles. The Hall–Kier alpha value is -5.63. The molecule has 0 aromatic rings. The van der Waals surface area contributed by atoms with Crippen LogP contribution in [0.15, 0.2) is 0 Å². The van der Waals surface area contributed by atoms with Crippen LogP contribution in [0.4, 0.5) is 0 Å². The molecule has 21 heteroatoms. The number of carbonyl (C=O) groups excluding carboxylic acids is 9. The summed E-state index contributed by atoms with van der Waals surface area (Å²) in [4.78, 5) is 141. The first kappa shape index (κ1) is 51.4. The molecule has 0 aromatic carbocycles. The summed E-state index contributed by atoms with van der Waals surface area (Å²) in [7, 11) is 0. The summed E-state index contributed by atoms with van der Waals surface area (Å²) in [5, 5.41) is 33.1. The van der Waals surface area contributed by atoms with Crippen molar-refractivity contribution in [2.24, 2.45) is 11.8 Å². The molecule has 1 fully saturated rings. The third kappa shape index (κ3) is 17.8. The molecule has 1 aliphatic heterocycles. The summed E-state index contributed by atoms with van der Waals surface area (Å²) < 4.78 is 4.80. The maximum atomic E-state index is 14.0. The zero-order valence-corrected chi connectivity index (χ0v) is 34.8. The van der Waals surface area contributed by atoms with Gasteiger partial charge >= 0.3 is 17.9 Å². The Kier molecular flexibility index (Phi) is 22.4. The van der Waals surface area contributed by atoms with E-state index in [1.165, 1.54) is 4.90 Å². The van der Waals surface area contributed by atoms with Crippen LogP contribution >= 0.6 is 0 Å². The zero-order valence-electron chi connectivity index (χ0n) is 34.8. The Balaban J connectivity index is 3.18. The number of ether oxygens (including phenoxy) is 1. The summed E-state index contributed by atoms with van der Waals surface area (Å²) in [6, 6.07) is -7.68. The van der Waals surface area contributed by atoms with E-state index in [0.717, 1.165) is 6.92 Å². The van der Waals surface area contributed by atoms with Crippen molar-refractivity contribution >= 4 is 65.0 Å². The van der Waals surface area contributed by atoms with E-state index in [9.17, 15) is 57.8 Å². The van der Waals surface area contributed by atoms with Crippen molar-refractivity contribution in [3.8, 4) is 0 Å². The third-order valence-corrected chi connectivity index (χ3v) is 9.29. The number of hydrogen-bond donors (Lipinski definition) is 8. The number of aliphatic carboxylic acids is 2. The number of hydrogen-bond acceptors (Lipinski definition) is 12. The molecule has 8 N–H and O–H groups in total. The van der Waals surface area contributed by atoms with Gasteiger partial charge in [-0.3, -0.25) is 52.7 Å². The van der Waals surface area contributed by atoms with E-state index in [1.54, 1.807) is 41.5 Å². The average Bonchev–Trinajstić information content (AvgIpc) is 3.65. The lowest BCUT2D eigenvalue weighted by atomic mass is 9.98. The van der Waals surface area contributed by atoms with Gasteiger partial charge in [0.15, 0.2) is 0 Å². The van der Waals surface area contributed by atoms with Gasteiger partial charge in [0.1, 0.15) is 30.2 Å². The van der Waals surface area contributed by atoms with Crippen LogP contribution in [0.2, 0.25) is 0 Å². The van der Waals surface area contributed by atoms with Gasteiger partial charge in [-0.15, -0.1) is 0 Å². The first-order chi connectivity index (χ1) is 27.6. The van der Waals surface area contributed by atoms with Gasteiger partial charge < -0.3 is 51.8 Å². The Labute approximate surface area is 343 Å². The summed E-state index contributed by atoms with van der Waals surface area (Å²) in [6.07, 6.45) is -0.819. The highest BCUT2D eigenvalue weighted by molar-refractivity contribution is 6.38. The summed E-state index contributed by atoms with van der Waals surface area (Å²) in [5.41, 5.74) is 0. The minimum Gasteiger partial charge on any atom is -0.481 e. The van der Waals surface area contributed by atoms with Crippen LogP contribution in [0.5, 0.6) is 0 Å². The lowest BCUT2D eigenvalue weighted by Crippen LogP contribution is -2.61. The van der Waals surface area contributed by atoms with E-state index in [-0.39, 0.29) is 45.4 Å². The van der Waals surface area contributed by atoms with E-state index >= 15 is 0 Å². The predicted octanol–water partition coefficient (Wildman–Crippen LogP) is -1.10. The lowest BCUT2D eigenvalue weighted by molar-refractivity contribution is -0.145. The average molecular weight is 840 g/mol. The van der Waals surface area contributed by atoms with Crippen LogP contribution < -0.4 is 31.9 Å². The summed E-state index contributed by atoms with van der Waals surface area (Å²) in [5.74, 6) is -10.8. The van der Waals surface area contributed by atoms with Crippen LogP contribution in [-0.2, 0) is 57.5 Å². The number of nitrogens with zero attached hydrogens (tertiary/aromatic N) is 1. The zero-order chi connectivity index (χ0) is 45.0. The second-order valence-electron chi connectivity index (χ2n) is 14.9. The molecule has 7 amide bonds. The smallest absolute Gasteiger partial charge is 0.307 e. The Bertz CT molecular complexity index is 1550. The molecular weight excluding hydrogens is 778 g/mol. The van der Waals surface area contributed by atoms with Crippen LogP contribution in [0.3, 0.4) is 0 Å². The van der Waals surface area contributed by atoms with Crippen LogP contribution in [0, 0.1) is 11.8 Å². The second kappa shape index (κ2) is 25.7. The normalized spacial score (nSPS) is 16.1. The van der Waals surface area contributed by atoms with Gasteiger partial charge in [0, 0.05) is 32.9 Å². The molecule has 0 aromatic heterocycles. The molecule has 0 radical (unpaired) electrons. The number of likely N-dealkylation sites (tertiary alicyclic amines) is 1. The SMILES string of the molecule is CCCC(NC(=O)C1CCCN1C(=O)C(NC(=O)C(NC(=O)C(CCC(=O)O)NC(=O)C(CCC(=O)O)NC(C)=O)C(C)C)C(C)C)C(=O)C(=O)NCCC(=O)OCC. The molecule has 1 rings (SSSR count). The first-order valence-electron chi connectivity index (χ1n) is 19.8. The summed E-state index contributed by atoms with van der Waals surface area (Å²) >= 11 is 0. The van der Waals surface area contributed by atoms with Gasteiger partial charge in [0.25, 0.3) is 5.91 Å². The molecule has 0 spiro atoms. The highest BCUT2D eigenvalue weighted by Crippen LogP contribution is 2.21. The monoisotopic (exact) mass is 839 g/mol. The minimum absolute atomic E-state index is 0.116. The van der Waals surface area contributed by atoms with Crippen molar-refractivity contribution in [3.05, 3.63) is 0 Å². The van der Waals surface area contributed by atoms with Gasteiger partial charge in [0.2, 0.25) is 41.2 Å². The van der Waals surface area contributed by atoms with Crippen molar-refractivity contribution in [1.29, 1.82) is 0 Å². The van der Waals surface area contributed by atoms with E-state index in [0.29, 0.717) is 12.8 Å². The molecule has 6 unspecified atom stereocenters. The fourth-order valence-electron chi connectivity index (χ4n) is 6.20. The molecule has 0 aliphatic carbocycles. The largest absolute Gasteiger partial charge is 0.481 e. The highest BCUT2D eigenvalue weighted by Gasteiger charge is 2.41. The number of carboxylic acid groups (broad SMARTS) is 2. The van der Waals surface area contributed by atoms with Crippen LogP contribution in [0.1, 0.15) is 106 Å². The molecule has 59 heavy (non-hydrogen) atoms. The highest BCUT2D eigenvalue weighted by atomic mass is 16.5. The third-order valence-electron chi connectivity index (χ3n) is 9.29. The molecule has 0 bridgehead atoms. The Morgan fingerprint density at radius 2 is 1.22 bits per heavy atom. The number of amides is 7. The van der Waals surface area contributed by atoms with E-state index in [2.05, 4.69) is 31.9 Å². The second-order valence-corrected chi connectivity index (χ2v) is 14.9. The van der Waals surface area contributed by atoms with Gasteiger partial charge in [0.05, 0.1) is 19.1 Å². The predicted molar refractivity (Wildman–Crippen MR) is 208 cm³/mol. The quantitative estimate of drug-likeness (QED) is 0.0379. The molecule has 6 atom stereocenters. The maximum Gasteiger partial charge on any atom is 0.307 e. The first-order valence-corrected chi connectivity index (χ1v) is 19.8. The standard InChI is InChI=1S/C38H61N7O14/c1-8-11-23(32(52)37(57)39-18-17-29(51)59-9-2)41-35(55)26-12-10-19-45(26)38(58)31(21(5)6)44-36(56)30(20(3)4)43-34(54)25(14-16-28(49)50)42-33(53)24(40-22(7)46)13-15-27(47)48/h20-21,23-26,30-31H,8-19H2,1-7H3,(H,39,57)(H,40,46)(H,41,55)(H,42,53)(H,43,54)(H,44,56)(H,47,48)(H,49,50). The van der Waals surface area contributed by atoms with Gasteiger partial charge in [-0.1, -0.05) is 41.0 Å². The minimum atomic E-state index is -1.53. The molecule has 1 aliphatic rings. The van der Waals surface area contributed by atoms with Crippen LogP contribution in [-0.4, -0.2) is 136 Å². The van der Waals surface area contributed by atoms with Crippen molar-refractivity contribution in [3.63, 3.8) is 0 Å². The van der Waals surface area contributed by atoms with Crippen molar-refractivity contribution in [1.82, 2.24) is 36.8 Å². The maximum absolute atomic E-state index is 14.0. The number of nitrogens with one attached hydrogen (secondary N) is 6. The van der Waals surface area contributed by atoms with Crippen molar-refractivity contribution < 1.29 is 67.7 Å². The van der Waals surface area contributed by atoms with Gasteiger partial charge in [-0.2, -0.15) is 0 Å². The molecule has 21 nitrogen and oxygen atoms in total. The van der Waals surface area contributed by atoms with Crippen molar-refractivity contribution in [2.75, 3.05) is 19.7 Å². The fraction of sp³-hybridized carbons (Fsp3) is 0.711. The molecule has 332 valence electrons. The topological polar surface area (TPSA) is 313 Å². The van der Waals surface area contributed by atoms with Crippen LogP contribution in [0.25, 0.3) is 0 Å². The van der Waals surface area contributed by atoms with E-state index in [1.807, 2.05) is 0 Å². The van der Waals surface area contributed by atoms with Gasteiger partial charge in [-0.05, 0) is 50.9 Å².